The molecule has 0 radical (unpaired) electrons. The van der Waals surface area contributed by atoms with Crippen molar-refractivity contribution < 1.29 is 12.8 Å². The molecule has 0 fully saturated rings. The Morgan fingerprint density at radius 1 is 1.29 bits per heavy atom. The van der Waals surface area contributed by atoms with Crippen molar-refractivity contribution in [1.82, 2.24) is 0 Å². The summed E-state index contributed by atoms with van der Waals surface area (Å²) in [5, 5.41) is -0.0377. The summed E-state index contributed by atoms with van der Waals surface area (Å²) in [6, 6.07) is 6.93. The van der Waals surface area contributed by atoms with Gasteiger partial charge in [-0.1, -0.05) is 26.0 Å². The Bertz CT molecular complexity index is 806. The third-order valence-electron chi connectivity index (χ3n) is 3.72. The van der Waals surface area contributed by atoms with Crippen molar-refractivity contribution in [3.8, 4) is 0 Å². The van der Waals surface area contributed by atoms with E-state index in [1.165, 1.54) is 0 Å². The molecular weight excluding hydrogens is 288 g/mol. The molecule has 0 amide bonds. The second-order valence-electron chi connectivity index (χ2n) is 5.39. The molecule has 1 aromatic carbocycles. The fraction of sp³-hybridized carbons (Fsp3) is 0.333. The van der Waals surface area contributed by atoms with Crippen LogP contribution in [0.2, 0.25) is 0 Å². The second-order valence-corrected chi connectivity index (χ2v) is 7.20. The minimum absolute atomic E-state index is 0.0209. The van der Waals surface area contributed by atoms with E-state index in [1.807, 2.05) is 31.7 Å². The first-order valence-electron chi connectivity index (χ1n) is 6.93. The van der Waals surface area contributed by atoms with Gasteiger partial charge in [0, 0.05) is 12.5 Å². The van der Waals surface area contributed by atoms with Gasteiger partial charge in [0.15, 0.2) is 0 Å². The smallest absolute Gasteiger partial charge is 0.249 e. The predicted molar refractivity (Wildman–Crippen MR) is 81.8 cm³/mol. The van der Waals surface area contributed by atoms with Gasteiger partial charge >= 0.3 is 0 Å². The predicted octanol–water partition coefficient (Wildman–Crippen LogP) is 3.29. The molecule has 0 unspecified atom stereocenters. The molecule has 0 atom stereocenters. The summed E-state index contributed by atoms with van der Waals surface area (Å²) in [5.74, 6) is 0.544. The average Bonchev–Trinajstić information content (AvgIpc) is 2.79. The van der Waals surface area contributed by atoms with Gasteiger partial charge in [-0.05, 0) is 19.1 Å². The molecule has 5 nitrogen and oxygen atoms in total. The number of nitrogens with zero attached hydrogens (tertiary/aromatic N) is 1. The van der Waals surface area contributed by atoms with Crippen LogP contribution in [0.3, 0.4) is 0 Å². The first kappa shape index (κ1) is 14.0. The molecule has 0 spiro atoms. The zero-order valence-corrected chi connectivity index (χ0v) is 13.1. The summed E-state index contributed by atoms with van der Waals surface area (Å²) < 4.78 is 31.2. The number of furan rings is 1. The number of sulfone groups is 1. The first-order chi connectivity index (χ1) is 9.89. The van der Waals surface area contributed by atoms with Crippen LogP contribution in [0, 0.1) is 0 Å². The number of hydrogen-bond acceptors (Lipinski definition) is 5. The Labute approximate surface area is 124 Å². The molecule has 1 aliphatic rings. The van der Waals surface area contributed by atoms with Crippen LogP contribution in [-0.2, 0) is 9.84 Å². The van der Waals surface area contributed by atoms with Gasteiger partial charge < -0.3 is 15.1 Å². The quantitative estimate of drug-likeness (QED) is 0.921. The Kier molecular flexibility index (Phi) is 3.02. The Hall–Kier alpha value is -1.95. The number of nitrogens with two attached hydrogens (primary N) is 1. The van der Waals surface area contributed by atoms with E-state index < -0.39 is 9.84 Å². The number of hydrogen-bond donors (Lipinski definition) is 1. The summed E-state index contributed by atoms with van der Waals surface area (Å²) in [6.45, 7) is 6.42. The first-order valence-corrected chi connectivity index (χ1v) is 8.41. The third kappa shape index (κ3) is 1.78. The molecule has 0 bridgehead atoms. The van der Waals surface area contributed by atoms with Gasteiger partial charge in [-0.25, -0.2) is 8.42 Å². The lowest BCUT2D eigenvalue weighted by Crippen LogP contribution is -2.25. The molecule has 21 heavy (non-hydrogen) atoms. The molecule has 2 N–H and O–H groups in total. The summed E-state index contributed by atoms with van der Waals surface area (Å²) in [4.78, 5) is 2.17. The van der Waals surface area contributed by atoms with Crippen LogP contribution in [0.1, 0.15) is 32.4 Å². The van der Waals surface area contributed by atoms with E-state index in [2.05, 4.69) is 0 Å². The molecule has 0 aliphatic carbocycles. The number of fused-ring (bicyclic) bond motifs is 2. The molecule has 1 aromatic heterocycles. The minimum atomic E-state index is -3.67. The number of anilines is 3. The monoisotopic (exact) mass is 306 g/mol. The summed E-state index contributed by atoms with van der Waals surface area (Å²) >= 11 is 0. The highest BCUT2D eigenvalue weighted by Crippen LogP contribution is 2.50. The highest BCUT2D eigenvalue weighted by Gasteiger charge is 2.40. The number of nitrogen functional groups attached to an aromatic ring is 1. The van der Waals surface area contributed by atoms with E-state index in [0.717, 1.165) is 0 Å². The van der Waals surface area contributed by atoms with Gasteiger partial charge in [0.1, 0.15) is 11.4 Å². The Morgan fingerprint density at radius 2 is 1.95 bits per heavy atom. The van der Waals surface area contributed by atoms with Crippen molar-refractivity contribution in [3.63, 3.8) is 0 Å². The van der Waals surface area contributed by atoms with Gasteiger partial charge in [0.2, 0.25) is 14.9 Å². The summed E-state index contributed by atoms with van der Waals surface area (Å²) in [6.07, 6.45) is 0. The summed E-state index contributed by atoms with van der Waals surface area (Å²) in [5.41, 5.74) is 7.71. The molecule has 2 heterocycles. The van der Waals surface area contributed by atoms with E-state index in [-0.39, 0.29) is 15.9 Å². The molecule has 3 rings (SSSR count). The van der Waals surface area contributed by atoms with Crippen LogP contribution in [-0.4, -0.2) is 15.0 Å². The molecule has 0 saturated carbocycles. The largest absolute Gasteiger partial charge is 0.445 e. The van der Waals surface area contributed by atoms with Crippen molar-refractivity contribution in [2.75, 3.05) is 17.2 Å². The maximum Gasteiger partial charge on any atom is 0.249 e. The van der Waals surface area contributed by atoms with Crippen molar-refractivity contribution in [2.24, 2.45) is 0 Å². The standard InChI is InChI=1S/C15H18N2O3S/c1-4-17-10-7-5-6-8-11(10)21(18,19)15-13(17)12(16)14(20-15)9(2)3/h5-9H,4,16H2,1-3H3. The highest BCUT2D eigenvalue weighted by molar-refractivity contribution is 7.91. The number of para-hydroxylation sites is 1. The SMILES string of the molecule is CCN1c2ccccc2S(=O)(=O)c2oc(C(C)C)c(N)c21. The van der Waals surface area contributed by atoms with Crippen LogP contribution in [0.4, 0.5) is 17.1 Å². The van der Waals surface area contributed by atoms with Crippen LogP contribution in [0.25, 0.3) is 0 Å². The van der Waals surface area contributed by atoms with Gasteiger partial charge in [0.25, 0.3) is 0 Å². The second kappa shape index (κ2) is 4.53. The van der Waals surface area contributed by atoms with Crippen molar-refractivity contribution in [2.45, 2.75) is 36.7 Å². The number of benzene rings is 1. The lowest BCUT2D eigenvalue weighted by molar-refractivity contribution is 0.401. The van der Waals surface area contributed by atoms with Crippen LogP contribution in [0.5, 0.6) is 0 Å². The Balaban J connectivity index is 2.39. The molecule has 2 aromatic rings. The van der Waals surface area contributed by atoms with Gasteiger partial charge in [-0.15, -0.1) is 0 Å². The van der Waals surface area contributed by atoms with Crippen LogP contribution in [0.15, 0.2) is 38.7 Å². The highest BCUT2D eigenvalue weighted by atomic mass is 32.2. The maximum atomic E-state index is 12.8. The molecule has 6 heteroatoms. The Morgan fingerprint density at radius 3 is 2.57 bits per heavy atom. The third-order valence-corrected chi connectivity index (χ3v) is 5.41. The van der Waals surface area contributed by atoms with Crippen LogP contribution >= 0.6 is 0 Å². The topological polar surface area (TPSA) is 76.5 Å². The summed E-state index contributed by atoms with van der Waals surface area (Å²) in [7, 11) is -3.67. The van der Waals surface area contributed by atoms with Crippen LogP contribution < -0.4 is 10.6 Å². The van der Waals surface area contributed by atoms with Crippen molar-refractivity contribution in [3.05, 3.63) is 30.0 Å². The minimum Gasteiger partial charge on any atom is -0.445 e. The van der Waals surface area contributed by atoms with Gasteiger partial charge in [0.05, 0.1) is 16.3 Å². The molecule has 0 saturated heterocycles. The molecular formula is C15H18N2O3S. The van der Waals surface area contributed by atoms with E-state index in [9.17, 15) is 8.42 Å². The fourth-order valence-electron chi connectivity index (χ4n) is 2.75. The van der Waals surface area contributed by atoms with E-state index >= 15 is 0 Å². The van der Waals surface area contributed by atoms with E-state index in [0.29, 0.717) is 29.4 Å². The zero-order valence-electron chi connectivity index (χ0n) is 12.3. The average molecular weight is 306 g/mol. The zero-order chi connectivity index (χ0) is 15.4. The number of rotatable bonds is 2. The van der Waals surface area contributed by atoms with E-state index in [4.69, 9.17) is 10.2 Å². The lowest BCUT2D eigenvalue weighted by atomic mass is 10.1. The normalized spacial score (nSPS) is 15.9. The van der Waals surface area contributed by atoms with Gasteiger partial charge in [-0.3, -0.25) is 0 Å². The van der Waals surface area contributed by atoms with Crippen molar-refractivity contribution in [1.29, 1.82) is 0 Å². The fourth-order valence-corrected chi connectivity index (χ4v) is 4.34. The molecule has 112 valence electrons. The van der Waals surface area contributed by atoms with Gasteiger partial charge in [-0.2, -0.15) is 0 Å². The van der Waals surface area contributed by atoms with Crippen molar-refractivity contribution >= 4 is 26.9 Å². The lowest BCUT2D eigenvalue weighted by Gasteiger charge is -2.29. The van der Waals surface area contributed by atoms with E-state index in [1.54, 1.807) is 18.2 Å². The maximum absolute atomic E-state index is 12.8. The molecule has 1 aliphatic heterocycles.